The van der Waals surface area contributed by atoms with Crippen LogP contribution < -0.4 is 0 Å². The smallest absolute Gasteiger partial charge is 0.179 e. The lowest BCUT2D eigenvalue weighted by atomic mass is 10.0. The molecule has 3 nitrogen and oxygen atoms in total. The van der Waals surface area contributed by atoms with Gasteiger partial charge < -0.3 is 0 Å². The van der Waals surface area contributed by atoms with E-state index in [0.29, 0.717) is 12.1 Å². The SMILES string of the molecule is CC(C(=O)c1ccc(F)cc1)N(C)Cc1cscn1. The Morgan fingerprint density at radius 1 is 1.42 bits per heavy atom. The van der Waals surface area contributed by atoms with Crippen molar-refractivity contribution in [3.63, 3.8) is 0 Å². The van der Waals surface area contributed by atoms with Gasteiger partial charge in [-0.15, -0.1) is 11.3 Å². The Labute approximate surface area is 115 Å². The van der Waals surface area contributed by atoms with Gasteiger partial charge in [0.05, 0.1) is 17.2 Å². The maximum Gasteiger partial charge on any atom is 0.179 e. The molecule has 2 aromatic rings. The van der Waals surface area contributed by atoms with Crippen molar-refractivity contribution in [2.24, 2.45) is 0 Å². The Hall–Kier alpha value is -1.59. The number of nitrogens with zero attached hydrogens (tertiary/aromatic N) is 2. The quantitative estimate of drug-likeness (QED) is 0.788. The molecule has 5 heteroatoms. The number of hydrogen-bond acceptors (Lipinski definition) is 4. The van der Waals surface area contributed by atoms with Crippen molar-refractivity contribution < 1.29 is 9.18 Å². The van der Waals surface area contributed by atoms with Gasteiger partial charge in [-0.3, -0.25) is 9.69 Å². The molecule has 0 aliphatic heterocycles. The van der Waals surface area contributed by atoms with Crippen molar-refractivity contribution in [1.29, 1.82) is 0 Å². The highest BCUT2D eigenvalue weighted by Gasteiger charge is 2.20. The average molecular weight is 278 g/mol. The monoisotopic (exact) mass is 278 g/mol. The predicted molar refractivity (Wildman–Crippen MR) is 73.8 cm³/mol. The fraction of sp³-hybridized carbons (Fsp3) is 0.286. The molecule has 1 aromatic carbocycles. The van der Waals surface area contributed by atoms with Crippen LogP contribution in [0.2, 0.25) is 0 Å². The number of carbonyl (C=O) groups excluding carboxylic acids is 1. The molecular formula is C14H15FN2OS. The van der Waals surface area contributed by atoms with Crippen molar-refractivity contribution in [2.45, 2.75) is 19.5 Å². The van der Waals surface area contributed by atoms with E-state index in [9.17, 15) is 9.18 Å². The van der Waals surface area contributed by atoms with Crippen molar-refractivity contribution in [3.8, 4) is 0 Å². The maximum absolute atomic E-state index is 12.8. The minimum atomic E-state index is -0.333. The summed E-state index contributed by atoms with van der Waals surface area (Å²) in [7, 11) is 1.88. The second-order valence-electron chi connectivity index (χ2n) is 4.44. The second kappa shape index (κ2) is 6.04. The Kier molecular flexibility index (Phi) is 4.39. The summed E-state index contributed by atoms with van der Waals surface area (Å²) in [5, 5.41) is 1.96. The van der Waals surface area contributed by atoms with Crippen LogP contribution in [0.4, 0.5) is 4.39 Å². The van der Waals surface area contributed by atoms with Gasteiger partial charge in [0.1, 0.15) is 5.82 Å². The molecule has 0 saturated heterocycles. The van der Waals surface area contributed by atoms with E-state index >= 15 is 0 Å². The number of benzene rings is 1. The molecule has 0 radical (unpaired) electrons. The first kappa shape index (κ1) is 13.8. The fourth-order valence-corrected chi connectivity index (χ4v) is 2.31. The van der Waals surface area contributed by atoms with E-state index in [1.54, 1.807) is 5.51 Å². The van der Waals surface area contributed by atoms with E-state index in [1.807, 2.05) is 24.3 Å². The van der Waals surface area contributed by atoms with Crippen molar-refractivity contribution in [3.05, 3.63) is 52.2 Å². The Balaban J connectivity index is 2.04. The highest BCUT2D eigenvalue weighted by molar-refractivity contribution is 7.07. The van der Waals surface area contributed by atoms with E-state index in [2.05, 4.69) is 4.98 Å². The van der Waals surface area contributed by atoms with Gasteiger partial charge in [0.2, 0.25) is 0 Å². The van der Waals surface area contributed by atoms with Gasteiger partial charge in [-0.05, 0) is 38.2 Å². The predicted octanol–water partition coefficient (Wildman–Crippen LogP) is 2.99. The van der Waals surface area contributed by atoms with Gasteiger partial charge in [-0.25, -0.2) is 9.37 Å². The van der Waals surface area contributed by atoms with Crippen LogP contribution in [0.3, 0.4) is 0 Å². The van der Waals surface area contributed by atoms with Crippen LogP contribution in [-0.2, 0) is 6.54 Å². The van der Waals surface area contributed by atoms with Crippen LogP contribution in [0, 0.1) is 5.82 Å². The molecule has 1 heterocycles. The number of carbonyl (C=O) groups is 1. The topological polar surface area (TPSA) is 33.2 Å². The molecule has 19 heavy (non-hydrogen) atoms. The molecule has 0 saturated carbocycles. The average Bonchev–Trinajstić information content (AvgIpc) is 2.90. The molecule has 0 fully saturated rings. The Morgan fingerprint density at radius 2 is 2.11 bits per heavy atom. The summed E-state index contributed by atoms with van der Waals surface area (Å²) < 4.78 is 12.8. The molecule has 0 spiro atoms. The van der Waals surface area contributed by atoms with E-state index in [-0.39, 0.29) is 17.6 Å². The molecule has 1 unspecified atom stereocenters. The van der Waals surface area contributed by atoms with Gasteiger partial charge in [0.15, 0.2) is 5.78 Å². The summed E-state index contributed by atoms with van der Waals surface area (Å²) in [6.45, 7) is 2.47. The van der Waals surface area contributed by atoms with Gasteiger partial charge in [0, 0.05) is 17.5 Å². The highest BCUT2D eigenvalue weighted by atomic mass is 32.1. The number of likely N-dealkylation sites (N-methyl/N-ethyl adjacent to an activating group) is 1. The van der Waals surface area contributed by atoms with Crippen LogP contribution in [0.15, 0.2) is 35.2 Å². The summed E-state index contributed by atoms with van der Waals surface area (Å²) in [5.41, 5.74) is 3.25. The van der Waals surface area contributed by atoms with Crippen molar-refractivity contribution >= 4 is 17.1 Å². The van der Waals surface area contributed by atoms with Crippen LogP contribution in [0.25, 0.3) is 0 Å². The first-order valence-electron chi connectivity index (χ1n) is 5.95. The molecule has 0 N–H and O–H groups in total. The largest absolute Gasteiger partial charge is 0.292 e. The third-order valence-electron chi connectivity index (χ3n) is 3.06. The Bertz CT molecular complexity index is 539. The number of rotatable bonds is 5. The minimum absolute atomic E-state index is 0.0160. The zero-order valence-corrected chi connectivity index (χ0v) is 11.7. The standard InChI is InChI=1S/C14H15FN2OS/c1-10(17(2)7-13-8-19-9-16-13)14(18)11-3-5-12(15)6-4-11/h3-6,8-10H,7H2,1-2H3. The third-order valence-corrected chi connectivity index (χ3v) is 3.70. The minimum Gasteiger partial charge on any atom is -0.292 e. The zero-order chi connectivity index (χ0) is 13.8. The first-order chi connectivity index (χ1) is 9.08. The molecular weight excluding hydrogens is 263 g/mol. The number of aromatic nitrogens is 1. The first-order valence-corrected chi connectivity index (χ1v) is 6.89. The summed E-state index contributed by atoms with van der Waals surface area (Å²) >= 11 is 1.54. The molecule has 0 aliphatic rings. The third kappa shape index (κ3) is 3.45. The van der Waals surface area contributed by atoms with E-state index < -0.39 is 0 Å². The summed E-state index contributed by atoms with van der Waals surface area (Å²) in [4.78, 5) is 18.4. The second-order valence-corrected chi connectivity index (χ2v) is 5.16. The molecule has 1 atom stereocenters. The maximum atomic E-state index is 12.8. The van der Waals surface area contributed by atoms with Crippen LogP contribution in [-0.4, -0.2) is 28.8 Å². The summed E-state index contributed by atoms with van der Waals surface area (Å²) in [5.74, 6) is -0.349. The van der Waals surface area contributed by atoms with Crippen molar-refractivity contribution in [2.75, 3.05) is 7.05 Å². The molecule has 0 amide bonds. The lowest BCUT2D eigenvalue weighted by Crippen LogP contribution is -2.35. The van der Waals surface area contributed by atoms with Gasteiger partial charge >= 0.3 is 0 Å². The molecule has 0 aliphatic carbocycles. The van der Waals surface area contributed by atoms with Crippen molar-refractivity contribution in [1.82, 2.24) is 9.88 Å². The van der Waals surface area contributed by atoms with Gasteiger partial charge in [-0.1, -0.05) is 0 Å². The number of hydrogen-bond donors (Lipinski definition) is 0. The van der Waals surface area contributed by atoms with E-state index in [1.165, 1.54) is 35.6 Å². The number of halogens is 1. The molecule has 2 rings (SSSR count). The lowest BCUT2D eigenvalue weighted by molar-refractivity contribution is 0.0861. The van der Waals surface area contributed by atoms with Crippen LogP contribution in [0.5, 0.6) is 0 Å². The van der Waals surface area contributed by atoms with E-state index in [0.717, 1.165) is 5.69 Å². The number of Topliss-reactive ketones (excluding diaryl/α,β-unsaturated/α-hetero) is 1. The Morgan fingerprint density at radius 3 is 2.68 bits per heavy atom. The highest BCUT2D eigenvalue weighted by Crippen LogP contribution is 2.12. The summed E-state index contributed by atoms with van der Waals surface area (Å²) in [6.07, 6.45) is 0. The normalized spacial score (nSPS) is 12.6. The molecule has 1 aromatic heterocycles. The number of thiazole rings is 1. The fourth-order valence-electron chi connectivity index (χ4n) is 1.76. The molecule has 100 valence electrons. The van der Waals surface area contributed by atoms with Gasteiger partial charge in [0.25, 0.3) is 0 Å². The zero-order valence-electron chi connectivity index (χ0n) is 10.8. The molecule has 0 bridgehead atoms. The van der Waals surface area contributed by atoms with Crippen LogP contribution >= 0.6 is 11.3 Å². The number of ketones is 1. The lowest BCUT2D eigenvalue weighted by Gasteiger charge is -2.22. The van der Waals surface area contributed by atoms with Gasteiger partial charge in [-0.2, -0.15) is 0 Å². The summed E-state index contributed by atoms with van der Waals surface area (Å²) in [6, 6.07) is 5.38. The van der Waals surface area contributed by atoms with Crippen LogP contribution in [0.1, 0.15) is 23.0 Å². The van der Waals surface area contributed by atoms with E-state index in [4.69, 9.17) is 0 Å².